The zero-order valence-corrected chi connectivity index (χ0v) is 16.1. The first-order valence-corrected chi connectivity index (χ1v) is 9.24. The van der Waals surface area contributed by atoms with E-state index in [1.807, 2.05) is 0 Å². The fourth-order valence-corrected chi connectivity index (χ4v) is 4.56. The molecule has 1 saturated heterocycles. The largest absolute Gasteiger partial charge is 0.356 e. The topological polar surface area (TPSA) is 49.4 Å². The molecule has 1 aromatic rings. The lowest BCUT2D eigenvalue weighted by atomic mass is 9.84. The highest BCUT2D eigenvalue weighted by molar-refractivity contribution is 5.84. The second-order valence-corrected chi connectivity index (χ2v) is 9.00. The second kappa shape index (κ2) is 6.15. The summed E-state index contributed by atoms with van der Waals surface area (Å²) >= 11 is 0. The highest BCUT2D eigenvalue weighted by atomic mass is 16.2. The van der Waals surface area contributed by atoms with Crippen molar-refractivity contribution in [1.82, 2.24) is 10.2 Å². The Morgan fingerprint density at radius 1 is 1.28 bits per heavy atom. The van der Waals surface area contributed by atoms with E-state index in [1.54, 1.807) is 6.92 Å². The SMILES string of the molecule is CC(=O)NCC1(C)CN(C(=O)[C@@H]2C[C@H]2c2cccc(C)c2)C(C)(C)C1. The molecule has 4 heteroatoms. The number of amides is 2. The van der Waals surface area contributed by atoms with E-state index in [2.05, 4.69) is 62.2 Å². The van der Waals surface area contributed by atoms with Crippen LogP contribution in [0.4, 0.5) is 0 Å². The molecule has 1 aromatic carbocycles. The molecule has 0 aromatic heterocycles. The Morgan fingerprint density at radius 2 is 2.00 bits per heavy atom. The average molecular weight is 342 g/mol. The van der Waals surface area contributed by atoms with Gasteiger partial charge >= 0.3 is 0 Å². The molecule has 2 aliphatic rings. The van der Waals surface area contributed by atoms with E-state index in [-0.39, 0.29) is 28.7 Å². The molecule has 3 atom stereocenters. The van der Waals surface area contributed by atoms with Crippen LogP contribution < -0.4 is 5.32 Å². The molecular formula is C21H30N2O2. The number of aryl methyl sites for hydroxylation is 1. The van der Waals surface area contributed by atoms with E-state index in [1.165, 1.54) is 11.1 Å². The van der Waals surface area contributed by atoms with E-state index in [0.29, 0.717) is 12.5 Å². The maximum atomic E-state index is 13.2. The van der Waals surface area contributed by atoms with Crippen LogP contribution in [0.3, 0.4) is 0 Å². The van der Waals surface area contributed by atoms with Gasteiger partial charge < -0.3 is 10.2 Å². The van der Waals surface area contributed by atoms with Crippen molar-refractivity contribution in [2.24, 2.45) is 11.3 Å². The second-order valence-electron chi connectivity index (χ2n) is 9.00. The number of benzene rings is 1. The molecule has 1 N–H and O–H groups in total. The smallest absolute Gasteiger partial charge is 0.226 e. The predicted octanol–water partition coefficient (Wildman–Crippen LogP) is 3.25. The van der Waals surface area contributed by atoms with Crippen molar-refractivity contribution in [3.05, 3.63) is 35.4 Å². The van der Waals surface area contributed by atoms with E-state index in [9.17, 15) is 9.59 Å². The third-order valence-corrected chi connectivity index (χ3v) is 5.74. The van der Waals surface area contributed by atoms with Crippen molar-refractivity contribution in [2.75, 3.05) is 13.1 Å². The number of likely N-dealkylation sites (tertiary alicyclic amines) is 1. The normalized spacial score (nSPS) is 30.2. The summed E-state index contributed by atoms with van der Waals surface area (Å²) in [6, 6.07) is 8.52. The third-order valence-electron chi connectivity index (χ3n) is 5.74. The van der Waals surface area contributed by atoms with E-state index < -0.39 is 0 Å². The van der Waals surface area contributed by atoms with Gasteiger partial charge in [0.2, 0.25) is 11.8 Å². The predicted molar refractivity (Wildman–Crippen MR) is 99.2 cm³/mol. The van der Waals surface area contributed by atoms with Crippen molar-refractivity contribution in [3.8, 4) is 0 Å². The minimum atomic E-state index is -0.163. The molecule has 0 spiro atoms. The van der Waals surface area contributed by atoms with E-state index in [0.717, 1.165) is 19.4 Å². The molecule has 3 rings (SSSR count). The molecular weight excluding hydrogens is 312 g/mol. The molecule has 0 radical (unpaired) electrons. The number of carbonyl (C=O) groups is 2. The number of nitrogens with zero attached hydrogens (tertiary/aromatic N) is 1. The Hall–Kier alpha value is -1.84. The van der Waals surface area contributed by atoms with Crippen LogP contribution in [0.2, 0.25) is 0 Å². The summed E-state index contributed by atoms with van der Waals surface area (Å²) in [6.45, 7) is 11.4. The monoisotopic (exact) mass is 342 g/mol. The number of nitrogens with one attached hydrogen (secondary N) is 1. The molecule has 1 unspecified atom stereocenters. The third kappa shape index (κ3) is 3.73. The van der Waals surface area contributed by atoms with Crippen LogP contribution in [-0.2, 0) is 9.59 Å². The van der Waals surface area contributed by atoms with Gasteiger partial charge in [-0.2, -0.15) is 0 Å². The van der Waals surface area contributed by atoms with E-state index in [4.69, 9.17) is 0 Å². The van der Waals surface area contributed by atoms with Crippen molar-refractivity contribution >= 4 is 11.8 Å². The first-order valence-electron chi connectivity index (χ1n) is 9.24. The summed E-state index contributed by atoms with van der Waals surface area (Å²) in [5, 5.41) is 2.93. The highest BCUT2D eigenvalue weighted by Crippen LogP contribution is 2.51. The van der Waals surface area contributed by atoms with Crippen molar-refractivity contribution in [3.63, 3.8) is 0 Å². The summed E-state index contributed by atoms with van der Waals surface area (Å²) in [4.78, 5) is 26.5. The summed E-state index contributed by atoms with van der Waals surface area (Å²) < 4.78 is 0. The quantitative estimate of drug-likeness (QED) is 0.913. The highest BCUT2D eigenvalue weighted by Gasteiger charge is 2.53. The Balaban J connectivity index is 1.69. The molecule has 2 amide bonds. The lowest BCUT2D eigenvalue weighted by Crippen LogP contribution is -2.44. The fraction of sp³-hybridized carbons (Fsp3) is 0.619. The van der Waals surface area contributed by atoms with Gasteiger partial charge in [0.1, 0.15) is 0 Å². The zero-order valence-electron chi connectivity index (χ0n) is 16.1. The van der Waals surface area contributed by atoms with Gasteiger partial charge in [-0.25, -0.2) is 0 Å². The summed E-state index contributed by atoms with van der Waals surface area (Å²) in [5.41, 5.74) is 2.32. The van der Waals surface area contributed by atoms with Gasteiger partial charge in [0.25, 0.3) is 0 Å². The Morgan fingerprint density at radius 3 is 2.64 bits per heavy atom. The van der Waals surface area contributed by atoms with Gasteiger partial charge in [0, 0.05) is 36.9 Å². The van der Waals surface area contributed by atoms with Crippen molar-refractivity contribution in [1.29, 1.82) is 0 Å². The number of hydrogen-bond acceptors (Lipinski definition) is 2. The zero-order chi connectivity index (χ0) is 18.4. The molecule has 136 valence electrons. The summed E-state index contributed by atoms with van der Waals surface area (Å²) in [6.07, 6.45) is 1.87. The maximum absolute atomic E-state index is 13.2. The maximum Gasteiger partial charge on any atom is 0.226 e. The molecule has 1 saturated carbocycles. The van der Waals surface area contributed by atoms with Gasteiger partial charge in [-0.15, -0.1) is 0 Å². The lowest BCUT2D eigenvalue weighted by molar-refractivity contribution is -0.136. The van der Waals surface area contributed by atoms with Gasteiger partial charge in [-0.1, -0.05) is 36.8 Å². The molecule has 4 nitrogen and oxygen atoms in total. The van der Waals surface area contributed by atoms with Crippen LogP contribution >= 0.6 is 0 Å². The van der Waals surface area contributed by atoms with Gasteiger partial charge in [-0.05, 0) is 45.1 Å². The number of rotatable bonds is 4. The Bertz CT molecular complexity index is 697. The van der Waals surface area contributed by atoms with Crippen LogP contribution in [0.25, 0.3) is 0 Å². The molecule has 1 heterocycles. The number of hydrogen-bond donors (Lipinski definition) is 1. The van der Waals surface area contributed by atoms with Crippen LogP contribution in [0.5, 0.6) is 0 Å². The minimum Gasteiger partial charge on any atom is -0.356 e. The average Bonchev–Trinajstić information content (AvgIpc) is 3.26. The van der Waals surface area contributed by atoms with Gasteiger partial charge in [-0.3, -0.25) is 9.59 Å². The van der Waals surface area contributed by atoms with E-state index >= 15 is 0 Å². The van der Waals surface area contributed by atoms with Crippen LogP contribution in [0.1, 0.15) is 57.6 Å². The minimum absolute atomic E-state index is 0.00879. The van der Waals surface area contributed by atoms with Crippen LogP contribution in [0, 0.1) is 18.3 Å². The molecule has 25 heavy (non-hydrogen) atoms. The molecule has 1 aliphatic carbocycles. The van der Waals surface area contributed by atoms with Crippen molar-refractivity contribution < 1.29 is 9.59 Å². The number of carbonyl (C=O) groups excluding carboxylic acids is 2. The Labute approximate surface area is 151 Å². The molecule has 1 aliphatic heterocycles. The van der Waals surface area contributed by atoms with Gasteiger partial charge in [0.15, 0.2) is 0 Å². The Kier molecular flexibility index (Phi) is 4.42. The van der Waals surface area contributed by atoms with Crippen LogP contribution in [-0.4, -0.2) is 35.3 Å². The first-order chi connectivity index (χ1) is 11.6. The fourth-order valence-electron chi connectivity index (χ4n) is 4.56. The first kappa shape index (κ1) is 18.0. The van der Waals surface area contributed by atoms with Crippen molar-refractivity contribution in [2.45, 2.75) is 58.9 Å². The summed E-state index contributed by atoms with van der Waals surface area (Å²) in [7, 11) is 0. The standard InChI is InChI=1S/C21H30N2O2/c1-14-7-6-8-16(9-14)17-10-18(17)19(25)23-13-21(5,11-20(23,3)4)12-22-15(2)24/h6-9,17-18H,10-13H2,1-5H3,(H,22,24)/t17-,18+,21?/m0/s1. The molecule has 2 fully saturated rings. The molecule has 0 bridgehead atoms. The van der Waals surface area contributed by atoms with Gasteiger partial charge in [0.05, 0.1) is 0 Å². The summed E-state index contributed by atoms with van der Waals surface area (Å²) in [5.74, 6) is 0.753. The van der Waals surface area contributed by atoms with Crippen LogP contribution in [0.15, 0.2) is 24.3 Å². The lowest BCUT2D eigenvalue weighted by Gasteiger charge is -2.31.